The van der Waals surface area contributed by atoms with Gasteiger partial charge in [-0.2, -0.15) is 5.10 Å². The highest BCUT2D eigenvalue weighted by molar-refractivity contribution is 6.03. The van der Waals surface area contributed by atoms with Gasteiger partial charge in [0.15, 0.2) is 17.2 Å². The highest BCUT2D eigenvalue weighted by Gasteiger charge is 2.15. The molecule has 0 aliphatic rings. The molecule has 0 bridgehead atoms. The van der Waals surface area contributed by atoms with E-state index in [1.807, 2.05) is 38.1 Å². The summed E-state index contributed by atoms with van der Waals surface area (Å²) in [7, 11) is 3.12. The second kappa shape index (κ2) is 7.31. The molecule has 6 nitrogen and oxygen atoms in total. The van der Waals surface area contributed by atoms with Gasteiger partial charge in [-0.3, -0.25) is 4.79 Å². The summed E-state index contributed by atoms with van der Waals surface area (Å²) < 4.78 is 12.2. The summed E-state index contributed by atoms with van der Waals surface area (Å²) in [6, 6.07) is 14.9. The monoisotopic (exact) mass is 351 g/mol. The summed E-state index contributed by atoms with van der Waals surface area (Å²) >= 11 is 0. The highest BCUT2D eigenvalue weighted by Crippen LogP contribution is 2.29. The van der Waals surface area contributed by atoms with E-state index in [-0.39, 0.29) is 5.91 Å². The van der Waals surface area contributed by atoms with Crippen molar-refractivity contribution in [3.63, 3.8) is 0 Å². The standard InChI is InChI=1S/C20H21N3O3/c1-13-6-5-7-16(10-13)23-14(2)11-17(22-23)20(24)21-15-8-9-18(25-3)19(12-15)26-4/h5-12H,1-4H3,(H,21,24). The van der Waals surface area contributed by atoms with Gasteiger partial charge >= 0.3 is 0 Å². The number of nitrogens with one attached hydrogen (secondary N) is 1. The van der Waals surface area contributed by atoms with Crippen molar-refractivity contribution in [2.24, 2.45) is 0 Å². The Morgan fingerprint density at radius 1 is 1.00 bits per heavy atom. The van der Waals surface area contributed by atoms with Crippen LogP contribution < -0.4 is 14.8 Å². The van der Waals surface area contributed by atoms with Crippen molar-refractivity contribution in [1.29, 1.82) is 0 Å². The molecule has 0 aliphatic heterocycles. The predicted octanol–water partition coefficient (Wildman–Crippen LogP) is 3.76. The normalized spacial score (nSPS) is 10.5. The highest BCUT2D eigenvalue weighted by atomic mass is 16.5. The second-order valence-electron chi connectivity index (χ2n) is 5.95. The number of methoxy groups -OCH3 is 2. The van der Waals surface area contributed by atoms with E-state index >= 15 is 0 Å². The zero-order chi connectivity index (χ0) is 18.7. The van der Waals surface area contributed by atoms with Crippen LogP contribution in [0.5, 0.6) is 11.5 Å². The van der Waals surface area contributed by atoms with Crippen molar-refractivity contribution >= 4 is 11.6 Å². The van der Waals surface area contributed by atoms with Gasteiger partial charge in [-0.15, -0.1) is 0 Å². The number of benzene rings is 2. The summed E-state index contributed by atoms with van der Waals surface area (Å²) in [6.07, 6.45) is 0. The lowest BCUT2D eigenvalue weighted by Gasteiger charge is -2.10. The van der Waals surface area contributed by atoms with E-state index in [4.69, 9.17) is 9.47 Å². The lowest BCUT2D eigenvalue weighted by molar-refractivity contribution is 0.102. The molecular formula is C20H21N3O3. The first kappa shape index (κ1) is 17.5. The second-order valence-corrected chi connectivity index (χ2v) is 5.95. The fourth-order valence-corrected chi connectivity index (χ4v) is 2.72. The molecule has 0 unspecified atom stereocenters. The summed E-state index contributed by atoms with van der Waals surface area (Å²) in [6.45, 7) is 3.94. The van der Waals surface area contributed by atoms with E-state index < -0.39 is 0 Å². The van der Waals surface area contributed by atoms with Crippen LogP contribution >= 0.6 is 0 Å². The van der Waals surface area contributed by atoms with Crippen LogP contribution in [0.25, 0.3) is 5.69 Å². The van der Waals surface area contributed by atoms with Crippen molar-refractivity contribution in [3.8, 4) is 17.2 Å². The van der Waals surface area contributed by atoms with Gasteiger partial charge in [-0.1, -0.05) is 12.1 Å². The van der Waals surface area contributed by atoms with Crippen molar-refractivity contribution < 1.29 is 14.3 Å². The molecule has 1 aromatic heterocycles. The molecule has 6 heteroatoms. The molecule has 1 heterocycles. The molecular weight excluding hydrogens is 330 g/mol. The van der Waals surface area contributed by atoms with Gasteiger partial charge in [-0.25, -0.2) is 4.68 Å². The minimum absolute atomic E-state index is 0.285. The molecule has 3 rings (SSSR count). The van der Waals surface area contributed by atoms with Crippen LogP contribution in [0.15, 0.2) is 48.5 Å². The number of aryl methyl sites for hydroxylation is 2. The number of carbonyl (C=O) groups excluding carboxylic acids is 1. The summed E-state index contributed by atoms with van der Waals surface area (Å²) in [5, 5.41) is 7.28. The van der Waals surface area contributed by atoms with Crippen LogP contribution in [-0.4, -0.2) is 29.9 Å². The molecule has 1 amide bonds. The Kier molecular flexibility index (Phi) is 4.93. The Balaban J connectivity index is 1.84. The molecule has 0 saturated carbocycles. The fraction of sp³-hybridized carbons (Fsp3) is 0.200. The predicted molar refractivity (Wildman–Crippen MR) is 101 cm³/mol. The zero-order valence-corrected chi connectivity index (χ0v) is 15.2. The van der Waals surface area contributed by atoms with E-state index in [1.54, 1.807) is 43.2 Å². The first-order chi connectivity index (χ1) is 12.5. The Morgan fingerprint density at radius 2 is 1.77 bits per heavy atom. The maximum atomic E-state index is 12.6. The van der Waals surface area contributed by atoms with Crippen LogP contribution in [0.1, 0.15) is 21.7 Å². The van der Waals surface area contributed by atoms with Gasteiger partial charge in [0.2, 0.25) is 0 Å². The van der Waals surface area contributed by atoms with E-state index in [1.165, 1.54) is 0 Å². The largest absolute Gasteiger partial charge is 0.493 e. The molecule has 0 saturated heterocycles. The topological polar surface area (TPSA) is 65.4 Å². The fourth-order valence-electron chi connectivity index (χ4n) is 2.72. The molecule has 26 heavy (non-hydrogen) atoms. The third-order valence-electron chi connectivity index (χ3n) is 4.01. The van der Waals surface area contributed by atoms with Crippen molar-refractivity contribution in [2.75, 3.05) is 19.5 Å². The molecule has 134 valence electrons. The Hall–Kier alpha value is -3.28. The molecule has 0 radical (unpaired) electrons. The van der Waals surface area contributed by atoms with Crippen molar-refractivity contribution in [1.82, 2.24) is 9.78 Å². The third-order valence-corrected chi connectivity index (χ3v) is 4.01. The number of carbonyl (C=O) groups is 1. The van der Waals surface area contributed by atoms with Gasteiger partial charge in [0.05, 0.1) is 19.9 Å². The lowest BCUT2D eigenvalue weighted by atomic mass is 10.2. The molecule has 1 N–H and O–H groups in total. The quantitative estimate of drug-likeness (QED) is 0.760. The molecule has 2 aromatic carbocycles. The molecule has 0 spiro atoms. The number of anilines is 1. The van der Waals surface area contributed by atoms with E-state index in [9.17, 15) is 4.79 Å². The maximum absolute atomic E-state index is 12.6. The van der Waals surface area contributed by atoms with Crippen molar-refractivity contribution in [2.45, 2.75) is 13.8 Å². The first-order valence-electron chi connectivity index (χ1n) is 8.19. The molecule has 0 fully saturated rings. The van der Waals surface area contributed by atoms with E-state index in [0.717, 1.165) is 16.9 Å². The SMILES string of the molecule is COc1ccc(NC(=O)c2cc(C)n(-c3cccc(C)c3)n2)cc1OC. The lowest BCUT2D eigenvalue weighted by Crippen LogP contribution is -2.13. The van der Waals surface area contributed by atoms with Crippen LogP contribution in [-0.2, 0) is 0 Å². The number of hydrogen-bond donors (Lipinski definition) is 1. The van der Waals surface area contributed by atoms with Gasteiger partial charge in [0.1, 0.15) is 0 Å². The summed E-state index contributed by atoms with van der Waals surface area (Å²) in [5.74, 6) is 0.864. The Labute approximate surface area is 152 Å². The average Bonchev–Trinajstić information content (AvgIpc) is 3.03. The number of ether oxygens (including phenoxy) is 2. The smallest absolute Gasteiger partial charge is 0.276 e. The number of amides is 1. The average molecular weight is 351 g/mol. The van der Waals surface area contributed by atoms with Crippen LogP contribution in [0.4, 0.5) is 5.69 Å². The van der Waals surface area contributed by atoms with Crippen molar-refractivity contribution in [3.05, 3.63) is 65.5 Å². The van der Waals surface area contributed by atoms with Gasteiger partial charge in [0.25, 0.3) is 5.91 Å². The zero-order valence-electron chi connectivity index (χ0n) is 15.2. The van der Waals surface area contributed by atoms with Gasteiger partial charge < -0.3 is 14.8 Å². The number of aromatic nitrogens is 2. The van der Waals surface area contributed by atoms with E-state index in [0.29, 0.717) is 22.9 Å². The molecule has 0 aliphatic carbocycles. The van der Waals surface area contributed by atoms with Gasteiger partial charge in [0, 0.05) is 17.4 Å². The summed E-state index contributed by atoms with van der Waals surface area (Å²) in [5.41, 5.74) is 3.89. The minimum Gasteiger partial charge on any atom is -0.493 e. The summed E-state index contributed by atoms with van der Waals surface area (Å²) in [4.78, 5) is 12.6. The Bertz CT molecular complexity index is 947. The Morgan fingerprint density at radius 3 is 2.46 bits per heavy atom. The van der Waals surface area contributed by atoms with Gasteiger partial charge in [-0.05, 0) is 49.7 Å². The number of hydrogen-bond acceptors (Lipinski definition) is 4. The third kappa shape index (κ3) is 3.54. The first-order valence-corrected chi connectivity index (χ1v) is 8.19. The number of nitrogens with zero attached hydrogens (tertiary/aromatic N) is 2. The van der Waals surface area contributed by atoms with Crippen LogP contribution in [0, 0.1) is 13.8 Å². The van der Waals surface area contributed by atoms with Crippen LogP contribution in [0.3, 0.4) is 0 Å². The molecule has 3 aromatic rings. The molecule has 0 atom stereocenters. The number of rotatable bonds is 5. The van der Waals surface area contributed by atoms with Crippen LogP contribution in [0.2, 0.25) is 0 Å². The van der Waals surface area contributed by atoms with E-state index in [2.05, 4.69) is 10.4 Å². The minimum atomic E-state index is -0.285. The maximum Gasteiger partial charge on any atom is 0.276 e.